The summed E-state index contributed by atoms with van der Waals surface area (Å²) in [4.78, 5) is 25.3. The van der Waals surface area contributed by atoms with E-state index in [2.05, 4.69) is 24.4 Å². The Morgan fingerprint density at radius 3 is 1.76 bits per heavy atom. The Morgan fingerprint density at radius 1 is 0.673 bits per heavy atom. The van der Waals surface area contributed by atoms with Crippen molar-refractivity contribution in [1.82, 2.24) is 5.32 Å². The van der Waals surface area contributed by atoms with Gasteiger partial charge in [-0.05, 0) is 106 Å². The number of likely N-dealkylation sites (N-methyl/N-ethyl adjacent to an activating group) is 1. The number of nitrogens with one attached hydrogen (secondary N) is 1. The van der Waals surface area contributed by atoms with Crippen LogP contribution in [0.1, 0.15) is 112 Å². The van der Waals surface area contributed by atoms with Gasteiger partial charge in [0.2, 0.25) is 13.6 Å². The number of hydrogen-bond donors (Lipinski definition) is 1. The van der Waals surface area contributed by atoms with Crippen molar-refractivity contribution in [2.45, 2.75) is 78.7 Å². The lowest BCUT2D eigenvalue weighted by molar-refractivity contribution is -0.899. The Labute approximate surface area is 326 Å². The number of rotatable bonds is 2. The number of nitrogens with zero attached hydrogens (tertiary/aromatic N) is 1. The van der Waals surface area contributed by atoms with E-state index in [0.29, 0.717) is 24.3 Å². The van der Waals surface area contributed by atoms with Gasteiger partial charge >= 0.3 is 11.9 Å². The minimum absolute atomic E-state index is 0. The van der Waals surface area contributed by atoms with Crippen LogP contribution in [-0.4, -0.2) is 50.3 Å². The highest BCUT2D eigenvalue weighted by atomic mass is 35.5. The molecular weight excluding hydrogens is 724 g/mol. The Balaban J connectivity index is 0.000000153. The number of carbonyl (C=O) groups excluding carboxylic acids is 2. The van der Waals surface area contributed by atoms with Gasteiger partial charge in [-0.3, -0.25) is 0 Å². The fourth-order valence-corrected chi connectivity index (χ4v) is 9.40. The van der Waals surface area contributed by atoms with E-state index in [4.69, 9.17) is 28.4 Å². The first-order valence-corrected chi connectivity index (χ1v) is 18.6. The second-order valence-electron chi connectivity index (χ2n) is 15.5. The molecule has 1 N–H and O–H groups in total. The summed E-state index contributed by atoms with van der Waals surface area (Å²) in [7, 11) is 1.67. The molecule has 6 aliphatic rings. The number of carbonyl (C=O) groups is 2. The summed E-state index contributed by atoms with van der Waals surface area (Å²) in [6.45, 7) is 13.7. The Kier molecular flexibility index (Phi) is 9.07. The molecule has 288 valence electrons. The number of hydroxylamine groups is 3. The standard InChI is InChI=1S/C22H23NO5.C21H21NO4.ClH/c1-11-5-6-15-18(12(11)2)22(24)28-21(15)19-17-13(3)20-16(26-10-27-20)9-14(17)7-8-23(19,4)25;1-10-4-5-14-17(11(10)2)21(23)26-20(14)18-16-12(3)19-15(24-9-25-19)8-13(16)6-7-22-18;/h5-6,9,19,21H,7-8,10H2,1-4H3;4-5,8,18,20,22H,6-7,9H2,1-3H3;1H/t19-,21+,23?;18-,20+;/m11./s1. The predicted molar refractivity (Wildman–Crippen MR) is 205 cm³/mol. The molecule has 0 aliphatic carbocycles. The first kappa shape index (κ1) is 37.1. The van der Waals surface area contributed by atoms with Crippen LogP contribution in [0.3, 0.4) is 0 Å². The Bertz CT molecular complexity index is 2300. The fraction of sp³-hybridized carbons (Fsp3) is 0.395. The third kappa shape index (κ3) is 5.65. The molecule has 0 aromatic heterocycles. The number of halogens is 1. The van der Waals surface area contributed by atoms with E-state index >= 15 is 0 Å². The van der Waals surface area contributed by atoms with Gasteiger partial charge in [-0.15, -0.1) is 12.4 Å². The van der Waals surface area contributed by atoms with Gasteiger partial charge in [0.1, 0.15) is 6.10 Å². The molecule has 5 atom stereocenters. The summed E-state index contributed by atoms with van der Waals surface area (Å²) in [6.07, 6.45) is 0.644. The van der Waals surface area contributed by atoms with Gasteiger partial charge in [0.05, 0.1) is 30.8 Å². The van der Waals surface area contributed by atoms with Crippen molar-refractivity contribution < 1.29 is 42.7 Å². The molecule has 6 aliphatic heterocycles. The maximum Gasteiger partial charge on any atom is 0.339 e. The van der Waals surface area contributed by atoms with Gasteiger partial charge in [0, 0.05) is 34.2 Å². The average Bonchev–Trinajstić information content (AvgIpc) is 3.94. The normalized spacial score (nSPS) is 24.7. The highest BCUT2D eigenvalue weighted by Gasteiger charge is 2.49. The largest absolute Gasteiger partial charge is 0.632 e. The average molecular weight is 769 g/mol. The predicted octanol–water partition coefficient (Wildman–Crippen LogP) is 7.65. The van der Waals surface area contributed by atoms with E-state index in [1.807, 2.05) is 58.9 Å². The lowest BCUT2D eigenvalue weighted by Crippen LogP contribution is -2.49. The van der Waals surface area contributed by atoms with Crippen molar-refractivity contribution in [3.8, 4) is 23.0 Å². The second-order valence-corrected chi connectivity index (χ2v) is 15.5. The molecule has 0 amide bonds. The maximum atomic E-state index is 13.6. The van der Waals surface area contributed by atoms with Crippen molar-refractivity contribution in [3.05, 3.63) is 119 Å². The zero-order valence-corrected chi connectivity index (χ0v) is 32.9. The van der Waals surface area contributed by atoms with Crippen LogP contribution in [0.4, 0.5) is 0 Å². The summed E-state index contributed by atoms with van der Waals surface area (Å²) < 4.78 is 33.7. The molecule has 11 nitrogen and oxygen atoms in total. The van der Waals surface area contributed by atoms with Crippen LogP contribution < -0.4 is 24.3 Å². The van der Waals surface area contributed by atoms with Crippen molar-refractivity contribution in [2.75, 3.05) is 33.7 Å². The Morgan fingerprint density at radius 2 is 1.18 bits per heavy atom. The van der Waals surface area contributed by atoms with E-state index in [1.54, 1.807) is 7.05 Å². The van der Waals surface area contributed by atoms with E-state index < -0.39 is 16.8 Å². The van der Waals surface area contributed by atoms with Crippen LogP contribution in [0.25, 0.3) is 0 Å². The summed E-state index contributed by atoms with van der Waals surface area (Å²) >= 11 is 0. The van der Waals surface area contributed by atoms with Crippen molar-refractivity contribution in [1.29, 1.82) is 0 Å². The van der Waals surface area contributed by atoms with Gasteiger partial charge in [-0.2, -0.15) is 0 Å². The smallest absolute Gasteiger partial charge is 0.339 e. The number of cyclic esters (lactones) is 2. The molecular formula is C43H45ClN2O9. The Hall–Kier alpha value is -4.81. The highest BCUT2D eigenvalue weighted by Crippen LogP contribution is 2.53. The summed E-state index contributed by atoms with van der Waals surface area (Å²) in [5, 5.41) is 17.2. The number of aryl methyl sites for hydroxylation is 2. The zero-order valence-electron chi connectivity index (χ0n) is 32.0. The van der Waals surface area contributed by atoms with Crippen LogP contribution in [0, 0.1) is 46.7 Å². The van der Waals surface area contributed by atoms with Crippen LogP contribution >= 0.6 is 12.4 Å². The minimum atomic E-state index is -0.609. The van der Waals surface area contributed by atoms with Crippen LogP contribution in [0.15, 0.2) is 36.4 Å². The molecule has 4 aromatic carbocycles. The van der Waals surface area contributed by atoms with E-state index in [0.717, 1.165) is 91.4 Å². The SMILES string of the molecule is Cc1ccc2c(c1C)C(=O)O[C@@H]2[C@@H]1NCCc2cc3c(c(C)c21)OCO3.Cc1ccc2c(c1C)C(=O)O[C@@H]2[C@H]1c2c(cc3c(c2C)OCO3)CC[N+]1(C)[O-].Cl. The van der Waals surface area contributed by atoms with Gasteiger partial charge in [-0.1, -0.05) is 24.3 Å². The number of hydrogen-bond acceptors (Lipinski definition) is 10. The van der Waals surface area contributed by atoms with Crippen molar-refractivity contribution >= 4 is 24.3 Å². The van der Waals surface area contributed by atoms with Gasteiger partial charge in [-0.25, -0.2) is 9.59 Å². The molecule has 6 heterocycles. The quantitative estimate of drug-likeness (QED) is 0.124. The highest BCUT2D eigenvalue weighted by molar-refractivity contribution is 5.97. The molecule has 10 rings (SSSR count). The topological polar surface area (TPSA) is 125 Å². The first-order chi connectivity index (χ1) is 25.9. The molecule has 0 saturated carbocycles. The number of quaternary nitrogens is 1. The van der Waals surface area contributed by atoms with Crippen molar-refractivity contribution in [3.63, 3.8) is 0 Å². The summed E-state index contributed by atoms with van der Waals surface area (Å²) in [5.74, 6) is 2.48. The van der Waals surface area contributed by atoms with E-state index in [9.17, 15) is 14.8 Å². The van der Waals surface area contributed by atoms with E-state index in [1.165, 1.54) is 11.1 Å². The third-order valence-electron chi connectivity index (χ3n) is 12.5. The van der Waals surface area contributed by atoms with Gasteiger partial charge < -0.3 is 43.6 Å². The number of ether oxygens (including phenoxy) is 6. The molecule has 0 radical (unpaired) electrons. The van der Waals surface area contributed by atoms with Gasteiger partial charge in [0.25, 0.3) is 0 Å². The zero-order chi connectivity index (χ0) is 37.8. The summed E-state index contributed by atoms with van der Waals surface area (Å²) in [6, 6.07) is 11.5. The number of fused-ring (bicyclic) bond motifs is 6. The number of benzene rings is 4. The van der Waals surface area contributed by atoms with Crippen LogP contribution in [0.2, 0.25) is 0 Å². The maximum absolute atomic E-state index is 13.6. The molecule has 0 fully saturated rings. The molecule has 1 unspecified atom stereocenters. The molecule has 0 saturated heterocycles. The third-order valence-corrected chi connectivity index (χ3v) is 12.5. The van der Waals surface area contributed by atoms with Crippen LogP contribution in [0.5, 0.6) is 23.0 Å². The molecule has 55 heavy (non-hydrogen) atoms. The van der Waals surface area contributed by atoms with Crippen molar-refractivity contribution in [2.24, 2.45) is 0 Å². The summed E-state index contributed by atoms with van der Waals surface area (Å²) in [5.41, 5.74) is 13.6. The fourth-order valence-electron chi connectivity index (χ4n) is 9.40. The first-order valence-electron chi connectivity index (χ1n) is 18.6. The molecule has 12 heteroatoms. The van der Waals surface area contributed by atoms with E-state index in [-0.39, 0.29) is 50.1 Å². The lowest BCUT2D eigenvalue weighted by Gasteiger charge is -2.51. The minimum Gasteiger partial charge on any atom is -0.632 e. The monoisotopic (exact) mass is 768 g/mol. The van der Waals surface area contributed by atoms with Gasteiger partial charge in [0.15, 0.2) is 35.1 Å². The lowest BCUT2D eigenvalue weighted by atomic mass is 9.82. The second kappa shape index (κ2) is 13.4. The molecule has 0 spiro atoms. The molecule has 0 bridgehead atoms. The van der Waals surface area contributed by atoms with Crippen LogP contribution in [-0.2, 0) is 22.3 Å². The molecule has 4 aromatic rings. The number of esters is 2.